The predicted molar refractivity (Wildman–Crippen MR) is 129 cm³/mol. The van der Waals surface area contributed by atoms with E-state index in [4.69, 9.17) is 33.2 Å². The van der Waals surface area contributed by atoms with E-state index in [-0.39, 0.29) is 11.4 Å². The van der Waals surface area contributed by atoms with Gasteiger partial charge >= 0.3 is 17.9 Å². The van der Waals surface area contributed by atoms with Crippen molar-refractivity contribution in [2.75, 3.05) is 13.2 Å². The van der Waals surface area contributed by atoms with Gasteiger partial charge in [-0.05, 0) is 12.1 Å². The molecule has 2 aliphatic heterocycles. The molecule has 0 saturated carbocycles. The fraction of sp³-hybridized carbons (Fsp3) is 0.625. The number of non-ortho nitro benzene ring substituents is 1. The third kappa shape index (κ3) is 8.07. The van der Waals surface area contributed by atoms with E-state index >= 15 is 0 Å². The summed E-state index contributed by atoms with van der Waals surface area (Å²) < 4.78 is 38.6. The molecule has 0 aromatic heterocycles. The van der Waals surface area contributed by atoms with Crippen molar-refractivity contribution in [3.05, 3.63) is 34.4 Å². The molecule has 3 rings (SSSR count). The Morgan fingerprint density at radius 1 is 0.805 bits per heavy atom. The number of hydrogen-bond donors (Lipinski definition) is 4. The molecule has 1 aromatic rings. The number of nitro groups is 1. The third-order valence-corrected chi connectivity index (χ3v) is 6.07. The average Bonchev–Trinajstić information content (AvgIpc) is 2.90. The molecule has 2 heterocycles. The summed E-state index contributed by atoms with van der Waals surface area (Å²) in [4.78, 5) is 46.3. The van der Waals surface area contributed by atoms with Crippen LogP contribution in [-0.4, -0.2) is 118 Å². The molecule has 228 valence electrons. The minimum absolute atomic E-state index is 0.0267. The first-order valence-corrected chi connectivity index (χ1v) is 12.3. The second-order valence-electron chi connectivity index (χ2n) is 9.16. The van der Waals surface area contributed by atoms with Gasteiger partial charge < -0.3 is 53.6 Å². The lowest BCUT2D eigenvalue weighted by molar-refractivity contribution is -0.384. The molecule has 2 saturated heterocycles. The summed E-state index contributed by atoms with van der Waals surface area (Å²) in [5.41, 5.74) is -0.239. The molecule has 4 N–H and O–H groups in total. The van der Waals surface area contributed by atoms with Crippen LogP contribution >= 0.6 is 0 Å². The lowest BCUT2D eigenvalue weighted by atomic mass is 9.97. The molecule has 2 fully saturated rings. The lowest BCUT2D eigenvalue weighted by Crippen LogP contribution is -2.64. The number of carbonyl (C=O) groups excluding carboxylic acids is 3. The summed E-state index contributed by atoms with van der Waals surface area (Å²) in [5.74, 6) is -2.51. The predicted octanol–water partition coefficient (Wildman–Crippen LogP) is -1.69. The number of nitro benzene ring substituents is 1. The summed E-state index contributed by atoms with van der Waals surface area (Å²) in [6.07, 6.45) is -15.5. The van der Waals surface area contributed by atoms with Crippen molar-refractivity contribution in [2.45, 2.75) is 82.2 Å². The molecule has 0 spiro atoms. The molecule has 17 heteroatoms. The van der Waals surface area contributed by atoms with E-state index in [1.54, 1.807) is 0 Å². The minimum Gasteiger partial charge on any atom is -0.461 e. The van der Waals surface area contributed by atoms with Gasteiger partial charge in [0.15, 0.2) is 18.5 Å². The van der Waals surface area contributed by atoms with E-state index in [0.29, 0.717) is 0 Å². The zero-order chi connectivity index (χ0) is 30.4. The number of esters is 3. The number of benzene rings is 1. The van der Waals surface area contributed by atoms with Crippen LogP contribution in [0.5, 0.6) is 5.75 Å². The molecule has 17 nitrogen and oxygen atoms in total. The maximum atomic E-state index is 12.0. The molecule has 1 aromatic carbocycles. The number of aliphatic hydroxyl groups is 4. The minimum atomic E-state index is -1.77. The largest absolute Gasteiger partial charge is 0.461 e. The van der Waals surface area contributed by atoms with E-state index < -0.39 is 97.5 Å². The van der Waals surface area contributed by atoms with Crippen molar-refractivity contribution in [2.24, 2.45) is 0 Å². The van der Waals surface area contributed by atoms with Crippen molar-refractivity contribution in [1.82, 2.24) is 0 Å². The molecule has 10 atom stereocenters. The lowest BCUT2D eigenvalue weighted by Gasteiger charge is -2.45. The van der Waals surface area contributed by atoms with E-state index in [9.17, 15) is 44.9 Å². The standard InChI is InChI=1S/C24H31NO16/c1-10(27)36-20-16(9-35-23-19(32)18(31)17(30)15(8-26)40-23)41-24(22(38-12(3)29)21(20)37-11(2)28)39-14-6-4-13(5-7-14)25(33)34/h4-7,15-24,26,30-32H,8-9H2,1-3H3/t15-,16+,17-,18+,19-,20+,21-,22+,23+,24-/m0/s1. The fourth-order valence-corrected chi connectivity index (χ4v) is 4.26. The third-order valence-electron chi connectivity index (χ3n) is 6.07. The van der Waals surface area contributed by atoms with Crippen molar-refractivity contribution in [1.29, 1.82) is 0 Å². The summed E-state index contributed by atoms with van der Waals surface area (Å²) in [5, 5.41) is 50.8. The zero-order valence-electron chi connectivity index (χ0n) is 22.1. The van der Waals surface area contributed by atoms with Gasteiger partial charge in [-0.3, -0.25) is 24.5 Å². The van der Waals surface area contributed by atoms with Gasteiger partial charge in [0.2, 0.25) is 12.4 Å². The molecule has 41 heavy (non-hydrogen) atoms. The fourth-order valence-electron chi connectivity index (χ4n) is 4.26. The van der Waals surface area contributed by atoms with Crippen LogP contribution in [0.15, 0.2) is 24.3 Å². The highest BCUT2D eigenvalue weighted by Gasteiger charge is 2.54. The average molecular weight is 590 g/mol. The van der Waals surface area contributed by atoms with Crippen LogP contribution < -0.4 is 4.74 Å². The van der Waals surface area contributed by atoms with Gasteiger partial charge in [-0.15, -0.1) is 0 Å². The van der Waals surface area contributed by atoms with Gasteiger partial charge in [0.25, 0.3) is 5.69 Å². The number of aliphatic hydroxyl groups excluding tert-OH is 4. The van der Waals surface area contributed by atoms with E-state index in [1.807, 2.05) is 0 Å². The number of hydrogen-bond acceptors (Lipinski definition) is 16. The maximum absolute atomic E-state index is 12.0. The highest BCUT2D eigenvalue weighted by molar-refractivity contribution is 5.68. The van der Waals surface area contributed by atoms with Gasteiger partial charge in [-0.25, -0.2) is 0 Å². The molecule has 0 bridgehead atoms. The molecule has 0 amide bonds. The zero-order valence-corrected chi connectivity index (χ0v) is 22.1. The Hall–Kier alpha value is -3.45. The van der Waals surface area contributed by atoms with Crippen LogP contribution in [0.3, 0.4) is 0 Å². The van der Waals surface area contributed by atoms with Gasteiger partial charge in [0.1, 0.15) is 36.3 Å². The topological polar surface area (TPSA) is 240 Å². The molecular weight excluding hydrogens is 558 g/mol. The highest BCUT2D eigenvalue weighted by Crippen LogP contribution is 2.32. The number of ether oxygens (including phenoxy) is 7. The molecule has 0 unspecified atom stereocenters. The monoisotopic (exact) mass is 589 g/mol. The summed E-state index contributed by atoms with van der Waals surface area (Å²) in [6.45, 7) is 1.87. The molecule has 2 aliphatic rings. The van der Waals surface area contributed by atoms with Crippen molar-refractivity contribution in [3.8, 4) is 5.75 Å². The van der Waals surface area contributed by atoms with Crippen LogP contribution in [0.2, 0.25) is 0 Å². The van der Waals surface area contributed by atoms with Crippen molar-refractivity contribution < 1.29 is 72.9 Å². The molecule has 0 radical (unpaired) electrons. The number of rotatable bonds is 10. The Balaban J connectivity index is 1.93. The van der Waals surface area contributed by atoms with Crippen LogP contribution in [-0.2, 0) is 42.8 Å². The first-order valence-electron chi connectivity index (χ1n) is 12.3. The summed E-state index contributed by atoms with van der Waals surface area (Å²) in [6, 6.07) is 4.77. The molecular formula is C24H31NO16. The SMILES string of the molecule is CC(=O)O[C@@H]1[C@@H](OC(C)=O)[C@@H](Oc2ccc([N+](=O)[O-])cc2)O[C@H](CO[C@@H]2O[C@@H](CO)[C@H](O)[C@@H](O)[C@@H]2O)[C@H]1OC(C)=O. The van der Waals surface area contributed by atoms with Gasteiger partial charge in [-0.2, -0.15) is 0 Å². The quantitative estimate of drug-likeness (QED) is 0.103. The Kier molecular flexibility index (Phi) is 10.9. The van der Waals surface area contributed by atoms with Crippen molar-refractivity contribution in [3.63, 3.8) is 0 Å². The Morgan fingerprint density at radius 2 is 1.34 bits per heavy atom. The van der Waals surface area contributed by atoms with Crippen LogP contribution in [0.1, 0.15) is 20.8 Å². The Labute approximate surface area is 232 Å². The summed E-state index contributed by atoms with van der Waals surface area (Å²) >= 11 is 0. The number of nitrogens with zero attached hydrogens (tertiary/aromatic N) is 1. The normalized spacial score (nSPS) is 33.3. The maximum Gasteiger partial charge on any atom is 0.303 e. The van der Waals surface area contributed by atoms with E-state index in [1.165, 1.54) is 12.1 Å². The highest BCUT2D eigenvalue weighted by atomic mass is 16.7. The van der Waals surface area contributed by atoms with E-state index in [2.05, 4.69) is 0 Å². The van der Waals surface area contributed by atoms with E-state index in [0.717, 1.165) is 32.9 Å². The smallest absolute Gasteiger partial charge is 0.303 e. The van der Waals surface area contributed by atoms with Gasteiger partial charge in [-0.1, -0.05) is 0 Å². The van der Waals surface area contributed by atoms with Crippen LogP contribution in [0.25, 0.3) is 0 Å². The molecule has 0 aliphatic carbocycles. The first kappa shape index (κ1) is 32.1. The number of carbonyl (C=O) groups is 3. The first-order chi connectivity index (χ1) is 19.3. The van der Waals surface area contributed by atoms with Crippen LogP contribution in [0, 0.1) is 10.1 Å². The van der Waals surface area contributed by atoms with Gasteiger partial charge in [0.05, 0.1) is 18.1 Å². The summed E-state index contributed by atoms with van der Waals surface area (Å²) in [7, 11) is 0. The second kappa shape index (κ2) is 13.9. The van der Waals surface area contributed by atoms with Crippen LogP contribution in [0.4, 0.5) is 5.69 Å². The Bertz CT molecular complexity index is 1080. The van der Waals surface area contributed by atoms with Gasteiger partial charge in [0, 0.05) is 32.9 Å². The Morgan fingerprint density at radius 3 is 1.88 bits per heavy atom. The van der Waals surface area contributed by atoms with Crippen molar-refractivity contribution >= 4 is 23.6 Å². The second-order valence-corrected chi connectivity index (χ2v) is 9.16.